The summed E-state index contributed by atoms with van der Waals surface area (Å²) in [6.07, 6.45) is 1.75. The molecular weight excluding hydrogens is 326 g/mol. The number of carbonyl (C=O) groups is 1. The summed E-state index contributed by atoms with van der Waals surface area (Å²) in [5.74, 6) is -0.139. The summed E-state index contributed by atoms with van der Waals surface area (Å²) >= 11 is 6.21. The summed E-state index contributed by atoms with van der Waals surface area (Å²) in [7, 11) is -1.96. The zero-order chi connectivity index (χ0) is 16.2. The Morgan fingerprint density at radius 3 is 2.82 bits per heavy atom. The highest BCUT2D eigenvalue weighted by molar-refractivity contribution is 7.89. The van der Waals surface area contributed by atoms with Gasteiger partial charge in [-0.2, -0.15) is 0 Å². The number of urea groups is 1. The van der Waals surface area contributed by atoms with Crippen molar-refractivity contribution in [3.63, 3.8) is 0 Å². The lowest BCUT2D eigenvalue weighted by molar-refractivity contribution is 0.193. The van der Waals surface area contributed by atoms with Gasteiger partial charge in [-0.3, -0.25) is 0 Å². The predicted molar refractivity (Wildman–Crippen MR) is 86.4 cm³/mol. The molecule has 0 aliphatic carbocycles. The van der Waals surface area contributed by atoms with Crippen LogP contribution in [0.3, 0.4) is 0 Å². The number of halogens is 1. The Morgan fingerprint density at radius 2 is 2.14 bits per heavy atom. The average Bonchev–Trinajstić information content (AvgIpc) is 2.97. The molecule has 1 unspecified atom stereocenters. The second kappa shape index (κ2) is 7.30. The predicted octanol–water partition coefficient (Wildman–Crippen LogP) is 1.74. The maximum atomic E-state index is 12.3. The molecule has 122 valence electrons. The van der Waals surface area contributed by atoms with Gasteiger partial charge in [0.15, 0.2) is 0 Å². The lowest BCUT2D eigenvalue weighted by atomic mass is 10.0. The molecule has 2 amide bonds. The van der Waals surface area contributed by atoms with E-state index in [1.807, 2.05) is 24.3 Å². The second-order valence-corrected chi connectivity index (χ2v) is 7.58. The summed E-state index contributed by atoms with van der Waals surface area (Å²) < 4.78 is 24.9. The Bertz CT molecular complexity index is 636. The number of nitrogens with one attached hydrogen (secondary N) is 2. The minimum absolute atomic E-state index is 0.0605. The topological polar surface area (TPSA) is 78.5 Å². The summed E-state index contributed by atoms with van der Waals surface area (Å²) in [6.45, 7) is 0.717. The lowest BCUT2D eigenvalue weighted by Crippen LogP contribution is -2.42. The zero-order valence-corrected chi connectivity index (χ0v) is 14.0. The largest absolute Gasteiger partial charge is 0.337 e. The molecule has 0 bridgehead atoms. The van der Waals surface area contributed by atoms with Crippen LogP contribution in [0, 0.1) is 0 Å². The third-order valence-electron chi connectivity index (χ3n) is 3.74. The fourth-order valence-electron chi connectivity index (χ4n) is 2.57. The quantitative estimate of drug-likeness (QED) is 0.853. The molecule has 0 aromatic heterocycles. The fraction of sp³-hybridized carbons (Fsp3) is 0.500. The third kappa shape index (κ3) is 4.12. The van der Waals surface area contributed by atoms with Crippen LogP contribution in [0.15, 0.2) is 24.3 Å². The molecule has 6 nitrogen and oxygen atoms in total. The van der Waals surface area contributed by atoms with Crippen molar-refractivity contribution in [3.8, 4) is 0 Å². The number of hydrogen-bond acceptors (Lipinski definition) is 3. The number of likely N-dealkylation sites (tertiary alicyclic amines) is 1. The van der Waals surface area contributed by atoms with Crippen molar-refractivity contribution in [3.05, 3.63) is 34.9 Å². The maximum absolute atomic E-state index is 12.3. The van der Waals surface area contributed by atoms with Gasteiger partial charge in [0, 0.05) is 18.1 Å². The number of amides is 2. The summed E-state index contributed by atoms with van der Waals surface area (Å²) in [4.78, 5) is 14.0. The second-order valence-electron chi connectivity index (χ2n) is 5.13. The highest BCUT2D eigenvalue weighted by atomic mass is 35.5. The van der Waals surface area contributed by atoms with Crippen molar-refractivity contribution in [2.45, 2.75) is 18.9 Å². The van der Waals surface area contributed by atoms with Gasteiger partial charge in [-0.25, -0.2) is 17.9 Å². The van der Waals surface area contributed by atoms with Crippen LogP contribution in [0.2, 0.25) is 5.02 Å². The van der Waals surface area contributed by atoms with Gasteiger partial charge in [0.1, 0.15) is 0 Å². The van der Waals surface area contributed by atoms with Crippen molar-refractivity contribution in [2.75, 3.05) is 25.9 Å². The Morgan fingerprint density at radius 1 is 1.41 bits per heavy atom. The summed E-state index contributed by atoms with van der Waals surface area (Å²) in [5.41, 5.74) is 0.930. The van der Waals surface area contributed by atoms with Crippen LogP contribution < -0.4 is 10.0 Å². The van der Waals surface area contributed by atoms with Crippen molar-refractivity contribution < 1.29 is 13.2 Å². The molecule has 1 aliphatic rings. The summed E-state index contributed by atoms with van der Waals surface area (Å²) in [5, 5.41) is 3.30. The molecule has 1 aromatic carbocycles. The van der Waals surface area contributed by atoms with E-state index in [1.54, 1.807) is 4.90 Å². The molecular formula is C14H20ClN3O3S. The molecule has 1 saturated heterocycles. The van der Waals surface area contributed by atoms with E-state index in [2.05, 4.69) is 10.0 Å². The lowest BCUT2D eigenvalue weighted by Gasteiger charge is -2.26. The van der Waals surface area contributed by atoms with Gasteiger partial charge in [0.25, 0.3) is 0 Å². The molecule has 0 spiro atoms. The van der Waals surface area contributed by atoms with Crippen molar-refractivity contribution >= 4 is 27.7 Å². The number of benzene rings is 1. The zero-order valence-electron chi connectivity index (χ0n) is 12.4. The van der Waals surface area contributed by atoms with Crippen LogP contribution in [0.1, 0.15) is 24.4 Å². The molecule has 1 atom stereocenters. The molecule has 1 aliphatic heterocycles. The smallest absolute Gasteiger partial charge is 0.317 e. The first-order valence-electron chi connectivity index (χ1n) is 7.15. The van der Waals surface area contributed by atoms with Gasteiger partial charge in [0.2, 0.25) is 10.0 Å². The van der Waals surface area contributed by atoms with Crippen molar-refractivity contribution in [2.24, 2.45) is 0 Å². The number of hydrogen-bond donors (Lipinski definition) is 2. The van der Waals surface area contributed by atoms with Crippen molar-refractivity contribution in [1.82, 2.24) is 14.9 Å². The molecule has 8 heteroatoms. The first-order valence-corrected chi connectivity index (χ1v) is 9.18. The van der Waals surface area contributed by atoms with E-state index in [4.69, 9.17) is 11.6 Å². The van der Waals surface area contributed by atoms with E-state index >= 15 is 0 Å². The average molecular weight is 346 g/mol. The minimum atomic E-state index is -3.32. The summed E-state index contributed by atoms with van der Waals surface area (Å²) in [6, 6.07) is 7.17. The molecule has 2 N–H and O–H groups in total. The van der Waals surface area contributed by atoms with E-state index in [-0.39, 0.29) is 24.4 Å². The maximum Gasteiger partial charge on any atom is 0.317 e. The van der Waals surface area contributed by atoms with Crippen LogP contribution >= 0.6 is 11.6 Å². The minimum Gasteiger partial charge on any atom is -0.337 e. The van der Waals surface area contributed by atoms with Gasteiger partial charge < -0.3 is 10.2 Å². The Hall–Kier alpha value is -1.31. The van der Waals surface area contributed by atoms with Crippen LogP contribution in [0.5, 0.6) is 0 Å². The van der Waals surface area contributed by atoms with E-state index < -0.39 is 10.0 Å². The molecule has 0 radical (unpaired) electrons. The molecule has 1 heterocycles. The number of sulfonamides is 1. The van der Waals surface area contributed by atoms with E-state index in [9.17, 15) is 13.2 Å². The van der Waals surface area contributed by atoms with Crippen LogP contribution in [-0.4, -0.2) is 45.2 Å². The molecule has 2 rings (SSSR count). The Balaban J connectivity index is 1.99. The Labute approximate surface area is 135 Å². The molecule has 0 saturated carbocycles. The Kier molecular flexibility index (Phi) is 5.66. The van der Waals surface area contributed by atoms with Crippen molar-refractivity contribution in [1.29, 1.82) is 0 Å². The van der Waals surface area contributed by atoms with Gasteiger partial charge in [0.05, 0.1) is 11.8 Å². The highest BCUT2D eigenvalue weighted by Crippen LogP contribution is 2.35. The van der Waals surface area contributed by atoms with Gasteiger partial charge >= 0.3 is 6.03 Å². The SMILES string of the molecule is CNS(=O)(=O)CCNC(=O)N1CCCC1c1ccccc1Cl. The van der Waals surface area contributed by atoms with Gasteiger partial charge in [-0.1, -0.05) is 29.8 Å². The first-order chi connectivity index (χ1) is 10.4. The third-order valence-corrected chi connectivity index (χ3v) is 5.44. The van der Waals surface area contributed by atoms with Crippen LogP contribution in [0.25, 0.3) is 0 Å². The van der Waals surface area contributed by atoms with Crippen LogP contribution in [-0.2, 0) is 10.0 Å². The molecule has 22 heavy (non-hydrogen) atoms. The normalized spacial score (nSPS) is 18.5. The standard InChI is InChI=1S/C14H20ClN3O3S/c1-16-22(20,21)10-8-17-14(19)18-9-4-7-13(18)11-5-2-3-6-12(11)15/h2-3,5-6,13,16H,4,7-10H2,1H3,(H,17,19). The monoisotopic (exact) mass is 345 g/mol. The van der Waals surface area contributed by atoms with Gasteiger partial charge in [-0.05, 0) is 31.5 Å². The number of carbonyl (C=O) groups excluding carboxylic acids is 1. The highest BCUT2D eigenvalue weighted by Gasteiger charge is 2.31. The van der Waals surface area contributed by atoms with Crippen LogP contribution in [0.4, 0.5) is 4.79 Å². The van der Waals surface area contributed by atoms with E-state index in [0.29, 0.717) is 11.6 Å². The number of nitrogens with zero attached hydrogens (tertiary/aromatic N) is 1. The number of rotatable bonds is 5. The fourth-order valence-corrected chi connectivity index (χ4v) is 3.41. The van der Waals surface area contributed by atoms with E-state index in [1.165, 1.54) is 7.05 Å². The first kappa shape index (κ1) is 17.1. The van der Waals surface area contributed by atoms with E-state index in [0.717, 1.165) is 18.4 Å². The molecule has 1 aromatic rings. The molecule has 1 fully saturated rings. The van der Waals surface area contributed by atoms with Gasteiger partial charge in [-0.15, -0.1) is 0 Å².